The Labute approximate surface area is 88.8 Å². The molecule has 0 aliphatic heterocycles. The summed E-state index contributed by atoms with van der Waals surface area (Å²) in [6, 6.07) is 0. The molecular weight excluding hydrogens is 224 g/mol. The SMILES string of the molecule is CS(=O)(=O)CCCn1cncc1CCl. The average Bonchev–Trinajstić information content (AvgIpc) is 2.49. The third-order valence-electron chi connectivity index (χ3n) is 1.85. The average molecular weight is 237 g/mol. The molecule has 0 radical (unpaired) electrons. The summed E-state index contributed by atoms with van der Waals surface area (Å²) in [5, 5.41) is 0. The highest BCUT2D eigenvalue weighted by atomic mass is 35.5. The van der Waals surface area contributed by atoms with Crippen LogP contribution in [0.25, 0.3) is 0 Å². The number of alkyl halides is 1. The van der Waals surface area contributed by atoms with E-state index in [4.69, 9.17) is 11.6 Å². The second-order valence-corrected chi connectivity index (χ2v) is 5.72. The number of halogens is 1. The molecule has 6 heteroatoms. The summed E-state index contributed by atoms with van der Waals surface area (Å²) in [7, 11) is -2.86. The second kappa shape index (κ2) is 4.79. The van der Waals surface area contributed by atoms with Crippen LogP contribution in [-0.2, 0) is 22.3 Å². The summed E-state index contributed by atoms with van der Waals surface area (Å²) in [6.45, 7) is 0.648. The molecule has 0 saturated heterocycles. The summed E-state index contributed by atoms with van der Waals surface area (Å²) in [6.07, 6.45) is 5.19. The first-order valence-electron chi connectivity index (χ1n) is 4.25. The molecule has 80 valence electrons. The van der Waals surface area contributed by atoms with E-state index in [0.29, 0.717) is 18.8 Å². The van der Waals surface area contributed by atoms with E-state index in [-0.39, 0.29) is 5.75 Å². The van der Waals surface area contributed by atoms with Crippen LogP contribution in [0.1, 0.15) is 12.1 Å². The van der Waals surface area contributed by atoms with Crippen LogP contribution in [0.15, 0.2) is 12.5 Å². The molecule has 0 aliphatic carbocycles. The van der Waals surface area contributed by atoms with Gasteiger partial charge in [0.2, 0.25) is 0 Å². The standard InChI is InChI=1S/C8H13ClN2O2S/c1-14(12,13)4-2-3-11-7-10-6-8(11)5-9/h6-7H,2-5H2,1H3. The topological polar surface area (TPSA) is 52.0 Å². The van der Waals surface area contributed by atoms with E-state index in [1.54, 1.807) is 12.5 Å². The summed E-state index contributed by atoms with van der Waals surface area (Å²) < 4.78 is 23.6. The fourth-order valence-corrected chi connectivity index (χ4v) is 2.03. The molecule has 0 aromatic carbocycles. The maximum atomic E-state index is 10.9. The number of sulfone groups is 1. The van der Waals surface area contributed by atoms with Gasteiger partial charge in [0.05, 0.1) is 23.7 Å². The Hall–Kier alpha value is -0.550. The van der Waals surface area contributed by atoms with Gasteiger partial charge in [-0.1, -0.05) is 0 Å². The van der Waals surface area contributed by atoms with Gasteiger partial charge in [0.15, 0.2) is 0 Å². The van der Waals surface area contributed by atoms with Crippen LogP contribution in [-0.4, -0.2) is 30.0 Å². The Bertz CT molecular complexity index is 386. The van der Waals surface area contributed by atoms with Crippen LogP contribution >= 0.6 is 11.6 Å². The summed E-state index contributed by atoms with van der Waals surface area (Å²) in [4.78, 5) is 3.94. The fourth-order valence-electron chi connectivity index (χ4n) is 1.16. The molecule has 1 aromatic heterocycles. The number of rotatable bonds is 5. The van der Waals surface area contributed by atoms with Crippen molar-refractivity contribution in [1.29, 1.82) is 0 Å². The van der Waals surface area contributed by atoms with Crippen LogP contribution in [0.4, 0.5) is 0 Å². The van der Waals surface area contributed by atoms with E-state index < -0.39 is 9.84 Å². The van der Waals surface area contributed by atoms with Crippen molar-refractivity contribution in [3.8, 4) is 0 Å². The van der Waals surface area contributed by atoms with Gasteiger partial charge in [-0.2, -0.15) is 0 Å². The highest BCUT2D eigenvalue weighted by Crippen LogP contribution is 2.04. The molecule has 0 unspecified atom stereocenters. The lowest BCUT2D eigenvalue weighted by atomic mass is 10.4. The smallest absolute Gasteiger partial charge is 0.147 e. The molecule has 0 spiro atoms. The molecule has 0 aliphatic rings. The number of aromatic nitrogens is 2. The third-order valence-corrected chi connectivity index (χ3v) is 3.15. The Balaban J connectivity index is 2.46. The van der Waals surface area contributed by atoms with Crippen LogP contribution in [0.5, 0.6) is 0 Å². The van der Waals surface area contributed by atoms with Crippen LogP contribution < -0.4 is 0 Å². The maximum Gasteiger partial charge on any atom is 0.147 e. The predicted octanol–water partition coefficient (Wildman–Crippen LogP) is 1.06. The molecule has 1 rings (SSSR count). The number of imidazole rings is 1. The molecule has 0 atom stereocenters. The molecule has 1 aromatic rings. The van der Waals surface area contributed by atoms with Gasteiger partial charge in [0.25, 0.3) is 0 Å². The zero-order chi connectivity index (χ0) is 10.6. The predicted molar refractivity (Wildman–Crippen MR) is 56.1 cm³/mol. The zero-order valence-electron chi connectivity index (χ0n) is 7.98. The molecule has 0 bridgehead atoms. The lowest BCUT2D eigenvalue weighted by Gasteiger charge is -2.04. The first-order chi connectivity index (χ1) is 6.53. The van der Waals surface area contributed by atoms with Crippen LogP contribution in [0.3, 0.4) is 0 Å². The lowest BCUT2D eigenvalue weighted by Crippen LogP contribution is -2.08. The summed E-state index contributed by atoms with van der Waals surface area (Å²) in [5.74, 6) is 0.603. The molecule has 14 heavy (non-hydrogen) atoms. The first-order valence-corrected chi connectivity index (χ1v) is 6.85. The van der Waals surface area contributed by atoms with Crippen molar-refractivity contribution < 1.29 is 8.42 Å². The molecule has 0 amide bonds. The van der Waals surface area contributed by atoms with E-state index in [9.17, 15) is 8.42 Å². The third kappa shape index (κ3) is 3.67. The minimum Gasteiger partial charge on any atom is -0.333 e. The summed E-state index contributed by atoms with van der Waals surface area (Å²) >= 11 is 5.66. The Morgan fingerprint density at radius 1 is 1.57 bits per heavy atom. The van der Waals surface area contributed by atoms with Gasteiger partial charge in [0, 0.05) is 19.0 Å². The monoisotopic (exact) mass is 236 g/mol. The fraction of sp³-hybridized carbons (Fsp3) is 0.625. The first kappa shape index (κ1) is 11.5. The molecule has 1 heterocycles. The van der Waals surface area contributed by atoms with Gasteiger partial charge in [-0.3, -0.25) is 0 Å². The molecular formula is C8H13ClN2O2S. The van der Waals surface area contributed by atoms with E-state index in [0.717, 1.165) is 5.69 Å². The van der Waals surface area contributed by atoms with Crippen LogP contribution in [0.2, 0.25) is 0 Å². The van der Waals surface area contributed by atoms with Crippen molar-refractivity contribution in [1.82, 2.24) is 9.55 Å². The quantitative estimate of drug-likeness (QED) is 0.719. The lowest BCUT2D eigenvalue weighted by molar-refractivity contribution is 0.590. The second-order valence-electron chi connectivity index (χ2n) is 3.20. The number of hydrogen-bond donors (Lipinski definition) is 0. The van der Waals surface area contributed by atoms with Crippen molar-refractivity contribution in [2.24, 2.45) is 0 Å². The minimum absolute atomic E-state index is 0.201. The van der Waals surface area contributed by atoms with Crippen molar-refractivity contribution in [3.05, 3.63) is 18.2 Å². The molecule has 0 saturated carbocycles. The molecule has 0 fully saturated rings. The molecule has 4 nitrogen and oxygen atoms in total. The van der Waals surface area contributed by atoms with Gasteiger partial charge >= 0.3 is 0 Å². The van der Waals surface area contributed by atoms with E-state index >= 15 is 0 Å². The largest absolute Gasteiger partial charge is 0.333 e. The number of aryl methyl sites for hydroxylation is 1. The number of nitrogens with zero attached hydrogens (tertiary/aromatic N) is 2. The van der Waals surface area contributed by atoms with Gasteiger partial charge in [-0.15, -0.1) is 11.6 Å². The highest BCUT2D eigenvalue weighted by Gasteiger charge is 2.04. The van der Waals surface area contributed by atoms with Gasteiger partial charge in [-0.05, 0) is 6.42 Å². The van der Waals surface area contributed by atoms with Crippen molar-refractivity contribution in [2.45, 2.75) is 18.8 Å². The minimum atomic E-state index is -2.86. The van der Waals surface area contributed by atoms with Crippen molar-refractivity contribution in [3.63, 3.8) is 0 Å². The van der Waals surface area contributed by atoms with E-state index in [1.807, 2.05) is 4.57 Å². The van der Waals surface area contributed by atoms with Crippen molar-refractivity contribution >= 4 is 21.4 Å². The normalized spacial score (nSPS) is 11.9. The van der Waals surface area contributed by atoms with Crippen molar-refractivity contribution in [2.75, 3.05) is 12.0 Å². The number of hydrogen-bond acceptors (Lipinski definition) is 3. The van der Waals surface area contributed by atoms with Gasteiger partial charge < -0.3 is 4.57 Å². The van der Waals surface area contributed by atoms with E-state index in [2.05, 4.69) is 4.98 Å². The highest BCUT2D eigenvalue weighted by molar-refractivity contribution is 7.90. The summed E-state index contributed by atoms with van der Waals surface area (Å²) in [5.41, 5.74) is 0.917. The zero-order valence-corrected chi connectivity index (χ0v) is 9.55. The Morgan fingerprint density at radius 3 is 2.86 bits per heavy atom. The van der Waals surface area contributed by atoms with Crippen LogP contribution in [0, 0.1) is 0 Å². The molecule has 0 N–H and O–H groups in total. The van der Waals surface area contributed by atoms with Gasteiger partial charge in [-0.25, -0.2) is 13.4 Å². The van der Waals surface area contributed by atoms with E-state index in [1.165, 1.54) is 6.26 Å². The maximum absolute atomic E-state index is 10.9. The van der Waals surface area contributed by atoms with Gasteiger partial charge in [0.1, 0.15) is 9.84 Å². The Kier molecular flexibility index (Phi) is 3.95. The Morgan fingerprint density at radius 2 is 2.29 bits per heavy atom.